The number of hydrogen-bond donors (Lipinski definition) is 0. The SMILES string of the molecule is COc1ccc(/C=C/C(=O)N(C)Cc2nc(-c3ccccc3Cl)no2)c(OC)c1OC. The number of rotatable bonds is 8. The summed E-state index contributed by atoms with van der Waals surface area (Å²) in [5.74, 6) is 1.86. The lowest BCUT2D eigenvalue weighted by Gasteiger charge is -2.14. The Morgan fingerprint density at radius 3 is 2.52 bits per heavy atom. The molecule has 1 amide bonds. The molecule has 0 unspecified atom stereocenters. The summed E-state index contributed by atoms with van der Waals surface area (Å²) < 4.78 is 21.3. The Bertz CT molecular complexity index is 1100. The van der Waals surface area contributed by atoms with Crippen molar-refractivity contribution in [2.24, 2.45) is 0 Å². The van der Waals surface area contributed by atoms with E-state index in [0.29, 0.717) is 45.1 Å². The molecule has 0 saturated carbocycles. The first-order valence-corrected chi connectivity index (χ1v) is 9.66. The van der Waals surface area contributed by atoms with Crippen LogP contribution in [0.4, 0.5) is 0 Å². The summed E-state index contributed by atoms with van der Waals surface area (Å²) in [4.78, 5) is 18.3. The Kier molecular flexibility index (Phi) is 7.15. The van der Waals surface area contributed by atoms with Crippen LogP contribution in [-0.2, 0) is 11.3 Å². The second-order valence-corrected chi connectivity index (χ2v) is 6.85. The van der Waals surface area contributed by atoms with Gasteiger partial charge < -0.3 is 23.6 Å². The van der Waals surface area contributed by atoms with Crippen LogP contribution in [-0.4, -0.2) is 49.3 Å². The molecule has 3 rings (SSSR count). The van der Waals surface area contributed by atoms with E-state index < -0.39 is 0 Å². The van der Waals surface area contributed by atoms with Gasteiger partial charge in [-0.3, -0.25) is 4.79 Å². The lowest BCUT2D eigenvalue weighted by Crippen LogP contribution is -2.24. The van der Waals surface area contributed by atoms with Gasteiger partial charge in [-0.25, -0.2) is 0 Å². The van der Waals surface area contributed by atoms with Gasteiger partial charge in [0.1, 0.15) is 0 Å². The van der Waals surface area contributed by atoms with Crippen molar-refractivity contribution in [1.29, 1.82) is 0 Å². The zero-order valence-corrected chi connectivity index (χ0v) is 18.3. The molecule has 0 spiro atoms. The van der Waals surface area contributed by atoms with Crippen LogP contribution >= 0.6 is 11.6 Å². The van der Waals surface area contributed by atoms with Gasteiger partial charge in [0.25, 0.3) is 0 Å². The van der Waals surface area contributed by atoms with Crippen molar-refractivity contribution >= 4 is 23.6 Å². The highest BCUT2D eigenvalue weighted by molar-refractivity contribution is 6.33. The molecule has 162 valence electrons. The maximum atomic E-state index is 12.6. The summed E-state index contributed by atoms with van der Waals surface area (Å²) in [6.07, 6.45) is 3.07. The molecular weight excluding hydrogens is 422 g/mol. The average Bonchev–Trinajstić information content (AvgIpc) is 3.24. The van der Waals surface area contributed by atoms with Crippen molar-refractivity contribution in [2.45, 2.75) is 6.54 Å². The fraction of sp³-hybridized carbons (Fsp3) is 0.227. The molecule has 0 atom stereocenters. The number of amides is 1. The highest BCUT2D eigenvalue weighted by atomic mass is 35.5. The number of carbonyl (C=O) groups is 1. The minimum Gasteiger partial charge on any atom is -0.493 e. The number of likely N-dealkylation sites (N-methyl/N-ethyl adjacent to an activating group) is 1. The van der Waals surface area contributed by atoms with Gasteiger partial charge in [-0.05, 0) is 30.3 Å². The van der Waals surface area contributed by atoms with E-state index >= 15 is 0 Å². The third-order valence-electron chi connectivity index (χ3n) is 4.47. The fourth-order valence-electron chi connectivity index (χ4n) is 2.90. The van der Waals surface area contributed by atoms with Gasteiger partial charge >= 0.3 is 0 Å². The van der Waals surface area contributed by atoms with Crippen LogP contribution in [0.5, 0.6) is 17.2 Å². The molecule has 0 aliphatic rings. The number of carbonyl (C=O) groups excluding carboxylic acids is 1. The van der Waals surface area contributed by atoms with Gasteiger partial charge in [0.2, 0.25) is 23.4 Å². The number of benzene rings is 2. The van der Waals surface area contributed by atoms with Crippen molar-refractivity contribution in [3.05, 3.63) is 59.0 Å². The zero-order valence-electron chi connectivity index (χ0n) is 17.6. The van der Waals surface area contributed by atoms with Crippen LogP contribution in [0, 0.1) is 0 Å². The van der Waals surface area contributed by atoms with Gasteiger partial charge in [-0.15, -0.1) is 0 Å². The van der Waals surface area contributed by atoms with Crippen molar-refractivity contribution in [3.8, 4) is 28.6 Å². The molecule has 0 bridgehead atoms. The number of ether oxygens (including phenoxy) is 3. The lowest BCUT2D eigenvalue weighted by molar-refractivity contribution is -0.125. The van der Waals surface area contributed by atoms with Crippen LogP contribution in [0.15, 0.2) is 47.0 Å². The van der Waals surface area contributed by atoms with E-state index in [1.807, 2.05) is 12.1 Å². The number of nitrogens with zero attached hydrogens (tertiary/aromatic N) is 3. The van der Waals surface area contributed by atoms with Crippen LogP contribution in [0.2, 0.25) is 5.02 Å². The predicted molar refractivity (Wildman–Crippen MR) is 116 cm³/mol. The second-order valence-electron chi connectivity index (χ2n) is 6.44. The normalized spacial score (nSPS) is 10.9. The topological polar surface area (TPSA) is 86.9 Å². The molecule has 31 heavy (non-hydrogen) atoms. The number of methoxy groups -OCH3 is 3. The third kappa shape index (κ3) is 4.97. The molecule has 0 saturated heterocycles. The fourth-order valence-corrected chi connectivity index (χ4v) is 3.12. The van der Waals surface area contributed by atoms with Crippen LogP contribution in [0.3, 0.4) is 0 Å². The molecule has 0 N–H and O–H groups in total. The molecule has 2 aromatic carbocycles. The molecule has 0 aliphatic carbocycles. The molecule has 9 heteroatoms. The first-order chi connectivity index (χ1) is 15.0. The molecule has 1 aromatic heterocycles. The quantitative estimate of drug-likeness (QED) is 0.484. The molecule has 0 aliphatic heterocycles. The zero-order chi connectivity index (χ0) is 22.4. The van der Waals surface area contributed by atoms with Crippen molar-refractivity contribution < 1.29 is 23.5 Å². The number of halogens is 1. The van der Waals surface area contributed by atoms with Gasteiger partial charge in [-0.2, -0.15) is 4.98 Å². The minimum absolute atomic E-state index is 0.143. The van der Waals surface area contributed by atoms with E-state index in [0.717, 1.165) is 0 Å². The largest absolute Gasteiger partial charge is 0.493 e. The average molecular weight is 444 g/mol. The first kappa shape index (κ1) is 22.2. The Morgan fingerprint density at radius 2 is 1.84 bits per heavy atom. The van der Waals surface area contributed by atoms with E-state index in [9.17, 15) is 4.79 Å². The van der Waals surface area contributed by atoms with Crippen molar-refractivity contribution in [1.82, 2.24) is 15.0 Å². The maximum absolute atomic E-state index is 12.6. The molecule has 0 radical (unpaired) electrons. The van der Waals surface area contributed by atoms with Gasteiger partial charge in [0.05, 0.1) is 32.9 Å². The summed E-state index contributed by atoms with van der Waals surface area (Å²) in [5.41, 5.74) is 1.33. The standard InChI is InChI=1S/C22H22ClN3O5/c1-26(13-18-24-22(25-31-18)15-7-5-6-8-16(15)23)19(27)12-10-14-9-11-17(28-2)21(30-4)20(14)29-3/h5-12H,13H2,1-4H3/b12-10+. The van der Waals surface area contributed by atoms with E-state index in [1.54, 1.807) is 44.5 Å². The summed E-state index contributed by atoms with van der Waals surface area (Å²) in [6.45, 7) is 0.143. The second kappa shape index (κ2) is 9.99. The Labute approximate surface area is 185 Å². The Balaban J connectivity index is 1.72. The van der Waals surface area contributed by atoms with E-state index in [1.165, 1.54) is 25.2 Å². The van der Waals surface area contributed by atoms with Crippen LogP contribution < -0.4 is 14.2 Å². The lowest BCUT2D eigenvalue weighted by atomic mass is 10.1. The van der Waals surface area contributed by atoms with Crippen molar-refractivity contribution in [3.63, 3.8) is 0 Å². The predicted octanol–water partition coefficient (Wildman–Crippen LogP) is 4.09. The number of aromatic nitrogens is 2. The first-order valence-electron chi connectivity index (χ1n) is 9.28. The molecule has 3 aromatic rings. The molecule has 0 fully saturated rings. The molecular formula is C22H22ClN3O5. The number of hydrogen-bond acceptors (Lipinski definition) is 7. The molecule has 8 nitrogen and oxygen atoms in total. The summed E-state index contributed by atoms with van der Waals surface area (Å²) >= 11 is 6.17. The minimum atomic E-state index is -0.255. The van der Waals surface area contributed by atoms with Crippen LogP contribution in [0.25, 0.3) is 17.5 Å². The Morgan fingerprint density at radius 1 is 1.10 bits per heavy atom. The highest BCUT2D eigenvalue weighted by Crippen LogP contribution is 2.40. The Hall–Kier alpha value is -3.52. The summed E-state index contributed by atoms with van der Waals surface area (Å²) in [6, 6.07) is 10.7. The van der Waals surface area contributed by atoms with Gasteiger partial charge in [0, 0.05) is 24.3 Å². The van der Waals surface area contributed by atoms with E-state index in [4.69, 9.17) is 30.3 Å². The monoisotopic (exact) mass is 443 g/mol. The third-order valence-corrected chi connectivity index (χ3v) is 4.80. The smallest absolute Gasteiger partial charge is 0.246 e. The van der Waals surface area contributed by atoms with Gasteiger partial charge in [0.15, 0.2) is 11.5 Å². The molecule has 1 heterocycles. The van der Waals surface area contributed by atoms with Crippen LogP contribution in [0.1, 0.15) is 11.5 Å². The van der Waals surface area contributed by atoms with Gasteiger partial charge in [-0.1, -0.05) is 28.9 Å². The highest BCUT2D eigenvalue weighted by Gasteiger charge is 2.16. The van der Waals surface area contributed by atoms with E-state index in [-0.39, 0.29) is 12.5 Å². The van der Waals surface area contributed by atoms with Crippen molar-refractivity contribution in [2.75, 3.05) is 28.4 Å². The van der Waals surface area contributed by atoms with E-state index in [2.05, 4.69) is 10.1 Å². The summed E-state index contributed by atoms with van der Waals surface area (Å²) in [7, 11) is 6.22. The summed E-state index contributed by atoms with van der Waals surface area (Å²) in [5, 5.41) is 4.46. The maximum Gasteiger partial charge on any atom is 0.246 e.